The number of rotatable bonds is 9. The second kappa shape index (κ2) is 10.7. The predicted molar refractivity (Wildman–Crippen MR) is 127 cm³/mol. The topological polar surface area (TPSA) is 67.9 Å². The fraction of sp³-hybridized carbons (Fsp3) is 0.259. The average Bonchev–Trinajstić information content (AvgIpc) is 3.23. The largest absolute Gasteiger partial charge is 0.497 e. The first kappa shape index (κ1) is 22.4. The van der Waals surface area contributed by atoms with Gasteiger partial charge in [-0.1, -0.05) is 60.7 Å². The van der Waals surface area contributed by atoms with Crippen molar-refractivity contribution < 1.29 is 19.1 Å². The molecule has 1 N–H and O–H groups in total. The second-order valence-corrected chi connectivity index (χ2v) is 8.03. The molecule has 6 nitrogen and oxygen atoms in total. The second-order valence-electron chi connectivity index (χ2n) is 8.03. The zero-order valence-electron chi connectivity index (χ0n) is 18.7. The third kappa shape index (κ3) is 5.71. The molecule has 0 spiro atoms. The van der Waals surface area contributed by atoms with Crippen LogP contribution in [0, 0.1) is 5.92 Å². The first-order chi connectivity index (χ1) is 16.1. The Kier molecular flexibility index (Phi) is 7.25. The number of para-hydroxylation sites is 1. The summed E-state index contributed by atoms with van der Waals surface area (Å²) in [5.74, 6) is 1.10. The number of nitrogens with zero attached hydrogens (tertiary/aromatic N) is 1. The molecule has 170 valence electrons. The maximum absolute atomic E-state index is 12.6. The number of hydrogen-bond donors (Lipinski definition) is 1. The number of ether oxygens (including phenoxy) is 2. The smallest absolute Gasteiger partial charge is 0.225 e. The average molecular weight is 445 g/mol. The summed E-state index contributed by atoms with van der Waals surface area (Å²) in [6.07, 6.45) is 0.236. The molecule has 2 amide bonds. The summed E-state index contributed by atoms with van der Waals surface area (Å²) in [6, 6.07) is 25.5. The molecule has 0 aromatic heterocycles. The van der Waals surface area contributed by atoms with Crippen LogP contribution in [-0.2, 0) is 16.1 Å². The summed E-state index contributed by atoms with van der Waals surface area (Å²) in [5.41, 5.74) is 3.11. The van der Waals surface area contributed by atoms with Crippen molar-refractivity contribution in [2.45, 2.75) is 13.0 Å². The summed E-state index contributed by atoms with van der Waals surface area (Å²) in [4.78, 5) is 26.7. The van der Waals surface area contributed by atoms with Crippen molar-refractivity contribution in [3.05, 3.63) is 84.4 Å². The van der Waals surface area contributed by atoms with E-state index in [0.29, 0.717) is 26.2 Å². The van der Waals surface area contributed by atoms with Crippen LogP contribution in [0.3, 0.4) is 0 Å². The van der Waals surface area contributed by atoms with Crippen molar-refractivity contribution in [2.24, 2.45) is 5.92 Å². The van der Waals surface area contributed by atoms with E-state index in [1.807, 2.05) is 78.9 Å². The Morgan fingerprint density at radius 3 is 2.48 bits per heavy atom. The molecule has 4 rings (SSSR count). The zero-order valence-corrected chi connectivity index (χ0v) is 18.7. The lowest BCUT2D eigenvalue weighted by molar-refractivity contribution is -0.129. The van der Waals surface area contributed by atoms with Crippen molar-refractivity contribution in [1.82, 2.24) is 10.2 Å². The van der Waals surface area contributed by atoms with Crippen molar-refractivity contribution in [1.29, 1.82) is 0 Å². The van der Waals surface area contributed by atoms with E-state index in [1.165, 1.54) is 0 Å². The lowest BCUT2D eigenvalue weighted by atomic mass is 10.1. The van der Waals surface area contributed by atoms with Crippen LogP contribution in [-0.4, -0.2) is 43.5 Å². The van der Waals surface area contributed by atoms with Gasteiger partial charge in [-0.25, -0.2) is 0 Å². The SMILES string of the molecule is COc1ccc(CN2CC(C(=O)NCCOc3ccccc3-c3ccccc3)CC2=O)cc1. The van der Waals surface area contributed by atoms with Gasteiger partial charge < -0.3 is 19.7 Å². The third-order valence-electron chi connectivity index (χ3n) is 5.75. The third-order valence-corrected chi connectivity index (χ3v) is 5.75. The molecule has 1 aliphatic heterocycles. The van der Waals surface area contributed by atoms with Crippen LogP contribution in [0.15, 0.2) is 78.9 Å². The van der Waals surface area contributed by atoms with Gasteiger partial charge in [-0.2, -0.15) is 0 Å². The molecule has 1 heterocycles. The molecule has 0 bridgehead atoms. The van der Waals surface area contributed by atoms with E-state index < -0.39 is 0 Å². The number of carbonyl (C=O) groups excluding carboxylic acids is 2. The van der Waals surface area contributed by atoms with Crippen LogP contribution in [0.1, 0.15) is 12.0 Å². The van der Waals surface area contributed by atoms with Gasteiger partial charge in [0, 0.05) is 25.1 Å². The van der Waals surface area contributed by atoms with Crippen LogP contribution in [0.2, 0.25) is 0 Å². The van der Waals surface area contributed by atoms with Crippen molar-refractivity contribution in [3.8, 4) is 22.6 Å². The number of likely N-dealkylation sites (tertiary alicyclic amines) is 1. The zero-order chi connectivity index (χ0) is 23.0. The molecule has 33 heavy (non-hydrogen) atoms. The Morgan fingerprint density at radius 2 is 1.73 bits per heavy atom. The highest BCUT2D eigenvalue weighted by molar-refractivity contribution is 5.89. The number of hydrogen-bond acceptors (Lipinski definition) is 4. The standard InChI is InChI=1S/C27H28N2O4/c1-32-23-13-11-20(12-14-23)18-29-19-22(17-26(29)30)27(31)28-15-16-33-25-10-6-5-9-24(25)21-7-3-2-4-8-21/h2-14,22H,15-19H2,1H3,(H,28,31). The maximum atomic E-state index is 12.6. The van der Waals surface area contributed by atoms with E-state index in [9.17, 15) is 9.59 Å². The van der Waals surface area contributed by atoms with E-state index in [1.54, 1.807) is 12.0 Å². The number of methoxy groups -OCH3 is 1. The Labute approximate surface area is 194 Å². The molecule has 1 saturated heterocycles. The Balaban J connectivity index is 1.25. The molecule has 1 unspecified atom stereocenters. The van der Waals surface area contributed by atoms with E-state index in [0.717, 1.165) is 28.2 Å². The quantitative estimate of drug-likeness (QED) is 0.508. The van der Waals surface area contributed by atoms with Gasteiger partial charge in [-0.05, 0) is 29.3 Å². The van der Waals surface area contributed by atoms with Crippen molar-refractivity contribution >= 4 is 11.8 Å². The van der Waals surface area contributed by atoms with Crippen LogP contribution in [0.4, 0.5) is 0 Å². The minimum absolute atomic E-state index is 0.000920. The molecule has 3 aromatic rings. The molecule has 1 aliphatic rings. The van der Waals surface area contributed by atoms with Crippen LogP contribution < -0.4 is 14.8 Å². The highest BCUT2D eigenvalue weighted by atomic mass is 16.5. The monoisotopic (exact) mass is 444 g/mol. The molecular weight excluding hydrogens is 416 g/mol. The van der Waals surface area contributed by atoms with Crippen LogP contribution in [0.25, 0.3) is 11.1 Å². The minimum Gasteiger partial charge on any atom is -0.497 e. The fourth-order valence-corrected chi connectivity index (χ4v) is 3.98. The number of nitrogens with one attached hydrogen (secondary N) is 1. The molecule has 0 radical (unpaired) electrons. The molecule has 0 aliphatic carbocycles. The van der Waals surface area contributed by atoms with Gasteiger partial charge in [0.1, 0.15) is 18.1 Å². The van der Waals surface area contributed by atoms with Gasteiger partial charge in [0.15, 0.2) is 0 Å². The van der Waals surface area contributed by atoms with E-state index >= 15 is 0 Å². The normalized spacial score (nSPS) is 15.4. The van der Waals surface area contributed by atoms with Crippen molar-refractivity contribution in [2.75, 3.05) is 26.8 Å². The molecule has 6 heteroatoms. The lowest BCUT2D eigenvalue weighted by Gasteiger charge is -2.17. The van der Waals surface area contributed by atoms with E-state index in [2.05, 4.69) is 5.32 Å². The molecule has 1 atom stereocenters. The summed E-state index contributed by atoms with van der Waals surface area (Å²) in [5, 5.41) is 2.91. The van der Waals surface area contributed by atoms with E-state index in [-0.39, 0.29) is 24.2 Å². The summed E-state index contributed by atoms with van der Waals surface area (Å²) in [7, 11) is 1.62. The van der Waals surface area contributed by atoms with Crippen molar-refractivity contribution in [3.63, 3.8) is 0 Å². The highest BCUT2D eigenvalue weighted by Gasteiger charge is 2.34. The number of carbonyl (C=O) groups is 2. The summed E-state index contributed by atoms with van der Waals surface area (Å²) >= 11 is 0. The van der Waals surface area contributed by atoms with Gasteiger partial charge in [0.25, 0.3) is 0 Å². The first-order valence-electron chi connectivity index (χ1n) is 11.1. The first-order valence-corrected chi connectivity index (χ1v) is 11.1. The molecule has 0 saturated carbocycles. The predicted octanol–water partition coefficient (Wildman–Crippen LogP) is 3.91. The molecule has 1 fully saturated rings. The van der Waals surface area contributed by atoms with Gasteiger partial charge in [-0.3, -0.25) is 9.59 Å². The molecular formula is C27H28N2O4. The Bertz CT molecular complexity index is 1080. The Hall–Kier alpha value is -3.80. The fourth-order valence-electron chi connectivity index (χ4n) is 3.98. The summed E-state index contributed by atoms with van der Waals surface area (Å²) < 4.78 is 11.1. The number of amides is 2. The lowest BCUT2D eigenvalue weighted by Crippen LogP contribution is -2.35. The Morgan fingerprint density at radius 1 is 1.00 bits per heavy atom. The minimum atomic E-state index is -0.340. The maximum Gasteiger partial charge on any atom is 0.225 e. The number of benzene rings is 3. The van der Waals surface area contributed by atoms with Crippen LogP contribution >= 0.6 is 0 Å². The van der Waals surface area contributed by atoms with Gasteiger partial charge in [-0.15, -0.1) is 0 Å². The summed E-state index contributed by atoms with van der Waals surface area (Å²) in [6.45, 7) is 1.65. The van der Waals surface area contributed by atoms with Gasteiger partial charge >= 0.3 is 0 Å². The molecule has 3 aromatic carbocycles. The van der Waals surface area contributed by atoms with Crippen LogP contribution in [0.5, 0.6) is 11.5 Å². The highest BCUT2D eigenvalue weighted by Crippen LogP contribution is 2.29. The van der Waals surface area contributed by atoms with Gasteiger partial charge in [0.2, 0.25) is 11.8 Å². The van der Waals surface area contributed by atoms with Gasteiger partial charge in [0.05, 0.1) is 19.6 Å². The van der Waals surface area contributed by atoms with E-state index in [4.69, 9.17) is 9.47 Å².